The summed E-state index contributed by atoms with van der Waals surface area (Å²) in [5.74, 6) is 0. The van der Waals surface area contributed by atoms with Crippen molar-refractivity contribution in [2.75, 3.05) is 0 Å². The van der Waals surface area contributed by atoms with Gasteiger partial charge in [-0.1, -0.05) is 29.8 Å². The lowest BCUT2D eigenvalue weighted by atomic mass is 10.1. The molecular formula is C16H12ClN2+. The Balaban J connectivity index is 1.95. The van der Waals surface area contributed by atoms with Gasteiger partial charge in [-0.15, -0.1) is 0 Å². The summed E-state index contributed by atoms with van der Waals surface area (Å²) < 4.78 is 4.49. The van der Waals surface area contributed by atoms with Gasteiger partial charge in [0.1, 0.15) is 0 Å². The highest BCUT2D eigenvalue weighted by molar-refractivity contribution is 6.35. The summed E-state index contributed by atoms with van der Waals surface area (Å²) in [6.07, 6.45) is 4.29. The van der Waals surface area contributed by atoms with Crippen LogP contribution in [0.25, 0.3) is 10.9 Å². The summed E-state index contributed by atoms with van der Waals surface area (Å²) in [7, 11) is 0. The van der Waals surface area contributed by atoms with Gasteiger partial charge in [0, 0.05) is 28.7 Å². The van der Waals surface area contributed by atoms with Crippen LogP contribution in [0.1, 0.15) is 5.56 Å². The Morgan fingerprint density at radius 1 is 1.00 bits per heavy atom. The first kappa shape index (κ1) is 10.8. The summed E-state index contributed by atoms with van der Waals surface area (Å²) in [6.45, 7) is 0.820. The van der Waals surface area contributed by atoms with Gasteiger partial charge in [0.15, 0.2) is 6.21 Å². The van der Waals surface area contributed by atoms with Crippen molar-refractivity contribution >= 4 is 34.4 Å². The van der Waals surface area contributed by atoms with Crippen molar-refractivity contribution in [3.8, 4) is 0 Å². The molecule has 0 bridgehead atoms. The van der Waals surface area contributed by atoms with Crippen LogP contribution < -0.4 is 0 Å². The number of rotatable bonds is 1. The van der Waals surface area contributed by atoms with Crippen LogP contribution in [-0.4, -0.2) is 15.4 Å². The third-order valence-electron chi connectivity index (χ3n) is 3.59. The molecule has 4 rings (SSSR count). The molecule has 3 aromatic rings. The molecule has 0 aliphatic carbocycles. The molecule has 0 N–H and O–H groups in total. The number of nitrogens with zero attached hydrogens (tertiary/aromatic N) is 2. The maximum absolute atomic E-state index is 6.24. The summed E-state index contributed by atoms with van der Waals surface area (Å²) in [5.41, 5.74) is 3.63. The zero-order valence-corrected chi connectivity index (χ0v) is 11.0. The Bertz CT molecular complexity index is 800. The van der Waals surface area contributed by atoms with Gasteiger partial charge in [-0.3, -0.25) is 4.57 Å². The van der Waals surface area contributed by atoms with Crippen LogP contribution in [0.2, 0.25) is 5.02 Å². The van der Waals surface area contributed by atoms with Gasteiger partial charge in [0.25, 0.3) is 0 Å². The van der Waals surface area contributed by atoms with E-state index in [4.69, 9.17) is 11.6 Å². The predicted molar refractivity (Wildman–Crippen MR) is 78.5 cm³/mol. The molecule has 1 aromatic heterocycles. The van der Waals surface area contributed by atoms with E-state index >= 15 is 0 Å². The van der Waals surface area contributed by atoms with E-state index in [-0.39, 0.29) is 0 Å². The SMILES string of the molecule is Clc1ccc2c3c1ccn3C[N+](c1ccccc1)=C2. The van der Waals surface area contributed by atoms with Crippen molar-refractivity contribution in [1.82, 2.24) is 4.57 Å². The molecule has 92 valence electrons. The molecule has 0 saturated carbocycles. The third kappa shape index (κ3) is 1.60. The second-order valence-electron chi connectivity index (χ2n) is 4.76. The van der Waals surface area contributed by atoms with Crippen LogP contribution in [-0.2, 0) is 6.67 Å². The Kier molecular flexibility index (Phi) is 2.26. The van der Waals surface area contributed by atoms with Gasteiger partial charge in [-0.05, 0) is 18.2 Å². The average Bonchev–Trinajstić information content (AvgIpc) is 2.89. The summed E-state index contributed by atoms with van der Waals surface area (Å²) in [4.78, 5) is 0. The monoisotopic (exact) mass is 267 g/mol. The molecule has 0 atom stereocenters. The molecule has 2 aromatic carbocycles. The van der Waals surface area contributed by atoms with Gasteiger partial charge in [-0.2, -0.15) is 4.58 Å². The van der Waals surface area contributed by atoms with Crippen LogP contribution in [0.15, 0.2) is 54.7 Å². The molecule has 1 aliphatic rings. The lowest BCUT2D eigenvalue weighted by Crippen LogP contribution is -2.18. The van der Waals surface area contributed by atoms with Crippen molar-refractivity contribution in [3.63, 3.8) is 0 Å². The Morgan fingerprint density at radius 2 is 1.84 bits per heavy atom. The van der Waals surface area contributed by atoms with E-state index < -0.39 is 0 Å². The minimum Gasteiger partial charge on any atom is -0.291 e. The summed E-state index contributed by atoms with van der Waals surface area (Å²) in [5, 5.41) is 1.95. The highest BCUT2D eigenvalue weighted by atomic mass is 35.5. The normalized spacial score (nSPS) is 13.6. The standard InChI is InChI=1S/C16H12ClN2/c17-15-7-6-12-10-19(13-4-2-1-3-5-13)11-18-9-8-14(15)16(12)18/h1-10H,11H2/q+1. The minimum absolute atomic E-state index is 0.819. The molecule has 0 fully saturated rings. The minimum atomic E-state index is 0.819. The summed E-state index contributed by atoms with van der Waals surface area (Å²) >= 11 is 6.24. The number of halogens is 1. The predicted octanol–water partition coefficient (Wildman–Crippen LogP) is 4.03. The first-order valence-corrected chi connectivity index (χ1v) is 6.65. The molecule has 0 spiro atoms. The van der Waals surface area contributed by atoms with E-state index in [2.05, 4.69) is 58.0 Å². The quantitative estimate of drug-likeness (QED) is 0.588. The Labute approximate surface area is 116 Å². The molecule has 3 heteroatoms. The third-order valence-corrected chi connectivity index (χ3v) is 3.92. The first-order chi connectivity index (χ1) is 9.33. The maximum Gasteiger partial charge on any atom is 0.228 e. The van der Waals surface area contributed by atoms with Gasteiger partial charge in [0.2, 0.25) is 12.4 Å². The van der Waals surface area contributed by atoms with Crippen LogP contribution in [0.5, 0.6) is 0 Å². The molecule has 2 nitrogen and oxygen atoms in total. The number of hydrogen-bond acceptors (Lipinski definition) is 0. The van der Waals surface area contributed by atoms with Gasteiger partial charge < -0.3 is 0 Å². The molecule has 1 aliphatic heterocycles. The number of hydrogen-bond donors (Lipinski definition) is 0. The molecule has 19 heavy (non-hydrogen) atoms. The zero-order chi connectivity index (χ0) is 12.8. The van der Waals surface area contributed by atoms with Crippen molar-refractivity contribution < 1.29 is 4.58 Å². The van der Waals surface area contributed by atoms with E-state index in [0.717, 1.165) is 17.1 Å². The highest BCUT2D eigenvalue weighted by Crippen LogP contribution is 2.29. The van der Waals surface area contributed by atoms with Crippen LogP contribution in [0.3, 0.4) is 0 Å². The largest absolute Gasteiger partial charge is 0.291 e. The van der Waals surface area contributed by atoms with Gasteiger partial charge in [-0.25, -0.2) is 0 Å². The van der Waals surface area contributed by atoms with E-state index in [1.807, 2.05) is 12.1 Å². The zero-order valence-electron chi connectivity index (χ0n) is 10.3. The second kappa shape index (κ2) is 3.97. The van der Waals surface area contributed by atoms with Crippen LogP contribution >= 0.6 is 11.6 Å². The van der Waals surface area contributed by atoms with Crippen molar-refractivity contribution in [3.05, 3.63) is 65.3 Å². The average molecular weight is 268 g/mol. The Hall–Kier alpha value is -2.06. The topological polar surface area (TPSA) is 7.94 Å². The molecule has 0 saturated heterocycles. The van der Waals surface area contributed by atoms with E-state index in [9.17, 15) is 0 Å². The van der Waals surface area contributed by atoms with E-state index in [1.54, 1.807) is 0 Å². The van der Waals surface area contributed by atoms with Crippen LogP contribution in [0, 0.1) is 0 Å². The van der Waals surface area contributed by atoms with E-state index in [0.29, 0.717) is 0 Å². The van der Waals surface area contributed by atoms with Crippen LogP contribution in [0.4, 0.5) is 5.69 Å². The fraction of sp³-hybridized carbons (Fsp3) is 0.0625. The first-order valence-electron chi connectivity index (χ1n) is 6.27. The molecule has 0 amide bonds. The van der Waals surface area contributed by atoms with Crippen molar-refractivity contribution in [2.45, 2.75) is 6.67 Å². The molecule has 0 unspecified atom stereocenters. The maximum atomic E-state index is 6.24. The van der Waals surface area contributed by atoms with Crippen molar-refractivity contribution in [1.29, 1.82) is 0 Å². The smallest absolute Gasteiger partial charge is 0.228 e. The molecule has 0 radical (unpaired) electrons. The van der Waals surface area contributed by atoms with Crippen molar-refractivity contribution in [2.24, 2.45) is 0 Å². The second-order valence-corrected chi connectivity index (χ2v) is 5.17. The fourth-order valence-corrected chi connectivity index (χ4v) is 2.90. The van der Waals surface area contributed by atoms with Gasteiger partial charge >= 0.3 is 0 Å². The van der Waals surface area contributed by atoms with E-state index in [1.165, 1.54) is 16.8 Å². The molecule has 2 heterocycles. The highest BCUT2D eigenvalue weighted by Gasteiger charge is 2.20. The number of para-hydroxylation sites is 1. The fourth-order valence-electron chi connectivity index (χ4n) is 2.69. The number of aromatic nitrogens is 1. The molecular weight excluding hydrogens is 256 g/mol. The van der Waals surface area contributed by atoms with Gasteiger partial charge in [0.05, 0.1) is 11.1 Å². The Morgan fingerprint density at radius 3 is 2.68 bits per heavy atom. The summed E-state index contributed by atoms with van der Waals surface area (Å²) in [6, 6.07) is 16.5. The lowest BCUT2D eigenvalue weighted by molar-refractivity contribution is -0.471. The number of benzene rings is 2. The lowest BCUT2D eigenvalue weighted by Gasteiger charge is -2.12.